The van der Waals surface area contributed by atoms with Gasteiger partial charge in [0.1, 0.15) is 12.3 Å². The highest BCUT2D eigenvalue weighted by atomic mass is 16.3. The van der Waals surface area contributed by atoms with Crippen molar-refractivity contribution in [2.45, 2.75) is 31.8 Å². The van der Waals surface area contributed by atoms with Gasteiger partial charge in [-0.05, 0) is 42.7 Å². The van der Waals surface area contributed by atoms with Crippen LogP contribution in [0.3, 0.4) is 0 Å². The molecule has 0 spiro atoms. The van der Waals surface area contributed by atoms with Crippen LogP contribution in [0.4, 0.5) is 11.4 Å². The molecule has 1 fully saturated rings. The number of benzene rings is 3. The molecule has 0 aromatic heterocycles. The van der Waals surface area contributed by atoms with E-state index in [9.17, 15) is 24.3 Å². The predicted molar refractivity (Wildman–Crippen MR) is 136 cm³/mol. The van der Waals surface area contributed by atoms with Gasteiger partial charge in [-0.25, -0.2) is 0 Å². The smallest absolute Gasteiger partial charge is 0.265 e. The lowest BCUT2D eigenvalue weighted by Crippen LogP contribution is -2.49. The van der Waals surface area contributed by atoms with E-state index in [1.165, 1.54) is 18.2 Å². The van der Waals surface area contributed by atoms with Crippen molar-refractivity contribution >= 4 is 35.0 Å². The molecule has 0 bridgehead atoms. The quantitative estimate of drug-likeness (QED) is 0.556. The fourth-order valence-corrected chi connectivity index (χ4v) is 5.85. The Morgan fingerprint density at radius 1 is 0.811 bits per heavy atom. The molecule has 3 aliphatic rings. The molecular formula is C29H25N3O5. The molecule has 2 atom stereocenters. The lowest BCUT2D eigenvalue weighted by atomic mass is 10.0. The highest BCUT2D eigenvalue weighted by molar-refractivity contribution is 6.24. The van der Waals surface area contributed by atoms with Crippen molar-refractivity contribution in [3.63, 3.8) is 0 Å². The predicted octanol–water partition coefficient (Wildman–Crippen LogP) is 3.74. The Bertz CT molecular complexity index is 1440. The van der Waals surface area contributed by atoms with Crippen LogP contribution in [-0.4, -0.2) is 46.2 Å². The number of rotatable bonds is 4. The van der Waals surface area contributed by atoms with Crippen LogP contribution in [-0.2, 0) is 16.1 Å². The zero-order valence-electron chi connectivity index (χ0n) is 20.0. The topological polar surface area (TPSA) is 98.2 Å². The number of fused-ring (bicyclic) bond motifs is 3. The molecule has 2 unspecified atom stereocenters. The van der Waals surface area contributed by atoms with Crippen molar-refractivity contribution < 1.29 is 24.3 Å². The van der Waals surface area contributed by atoms with E-state index in [1.54, 1.807) is 9.80 Å². The van der Waals surface area contributed by atoms with Crippen molar-refractivity contribution in [3.8, 4) is 5.75 Å². The van der Waals surface area contributed by atoms with Crippen molar-refractivity contribution in [2.24, 2.45) is 5.92 Å². The Hall–Kier alpha value is -4.46. The molecule has 6 rings (SSSR count). The van der Waals surface area contributed by atoms with E-state index in [0.29, 0.717) is 30.8 Å². The SMILES string of the molecule is O=C1c2cccc(O)c2C(=O)N1CC(=O)N1c2ccccc2N(Cc2ccccc2)C(=O)C2CCCC21. The Kier molecular flexibility index (Phi) is 5.52. The van der Waals surface area contributed by atoms with Crippen LogP contribution in [0.5, 0.6) is 5.75 Å². The molecule has 3 aromatic rings. The highest BCUT2D eigenvalue weighted by Gasteiger charge is 2.47. The first-order valence-electron chi connectivity index (χ1n) is 12.4. The number of anilines is 2. The third kappa shape index (κ3) is 3.67. The van der Waals surface area contributed by atoms with Gasteiger partial charge < -0.3 is 14.9 Å². The second-order valence-corrected chi connectivity index (χ2v) is 9.66. The summed E-state index contributed by atoms with van der Waals surface area (Å²) < 4.78 is 0. The molecule has 3 aromatic carbocycles. The van der Waals surface area contributed by atoms with Crippen LogP contribution < -0.4 is 9.80 Å². The first-order valence-corrected chi connectivity index (χ1v) is 12.4. The van der Waals surface area contributed by atoms with Crippen LogP contribution in [0.1, 0.15) is 45.5 Å². The number of aromatic hydroxyl groups is 1. The van der Waals surface area contributed by atoms with E-state index in [2.05, 4.69) is 0 Å². The fourth-order valence-electron chi connectivity index (χ4n) is 5.85. The van der Waals surface area contributed by atoms with Crippen LogP contribution in [0, 0.1) is 5.92 Å². The average Bonchev–Trinajstić information content (AvgIpc) is 3.45. The minimum Gasteiger partial charge on any atom is -0.507 e. The van der Waals surface area contributed by atoms with Crippen molar-refractivity contribution in [2.75, 3.05) is 16.3 Å². The molecule has 186 valence electrons. The molecule has 1 aliphatic carbocycles. The lowest BCUT2D eigenvalue weighted by molar-refractivity contribution is -0.123. The Labute approximate surface area is 213 Å². The number of carbonyl (C=O) groups excluding carboxylic acids is 4. The van der Waals surface area contributed by atoms with Gasteiger partial charge in [0.05, 0.1) is 35.0 Å². The molecular weight excluding hydrogens is 470 g/mol. The van der Waals surface area contributed by atoms with E-state index in [1.807, 2.05) is 54.6 Å². The average molecular weight is 496 g/mol. The molecule has 0 saturated heterocycles. The fraction of sp³-hybridized carbons (Fsp3) is 0.241. The Morgan fingerprint density at radius 3 is 2.30 bits per heavy atom. The molecule has 1 N–H and O–H groups in total. The first-order chi connectivity index (χ1) is 18.0. The number of hydrogen-bond acceptors (Lipinski definition) is 5. The maximum atomic E-state index is 13.9. The normalized spacial score (nSPS) is 20.5. The van der Waals surface area contributed by atoms with Crippen molar-refractivity contribution in [1.29, 1.82) is 0 Å². The summed E-state index contributed by atoms with van der Waals surface area (Å²) in [6, 6.07) is 20.9. The second-order valence-electron chi connectivity index (χ2n) is 9.66. The largest absolute Gasteiger partial charge is 0.507 e. The number of carbonyl (C=O) groups is 4. The number of imide groups is 1. The van der Waals surface area contributed by atoms with E-state index >= 15 is 0 Å². The van der Waals surface area contributed by atoms with Crippen LogP contribution in [0.25, 0.3) is 0 Å². The number of para-hydroxylation sites is 2. The molecule has 4 amide bonds. The number of amides is 4. The summed E-state index contributed by atoms with van der Waals surface area (Å²) >= 11 is 0. The van der Waals surface area contributed by atoms with Gasteiger partial charge in [-0.15, -0.1) is 0 Å². The minimum atomic E-state index is -0.695. The molecule has 37 heavy (non-hydrogen) atoms. The molecule has 8 heteroatoms. The van der Waals surface area contributed by atoms with Gasteiger partial charge in [0.25, 0.3) is 11.8 Å². The number of nitrogens with zero attached hydrogens (tertiary/aromatic N) is 3. The maximum Gasteiger partial charge on any atom is 0.265 e. The third-order valence-corrected chi connectivity index (χ3v) is 7.55. The maximum absolute atomic E-state index is 13.9. The Morgan fingerprint density at radius 2 is 1.54 bits per heavy atom. The van der Waals surface area contributed by atoms with E-state index in [-0.39, 0.29) is 34.7 Å². The number of hydrogen-bond donors (Lipinski definition) is 1. The highest BCUT2D eigenvalue weighted by Crippen LogP contribution is 2.43. The summed E-state index contributed by atoms with van der Waals surface area (Å²) in [6.07, 6.45) is 2.11. The molecule has 2 aliphatic heterocycles. The number of phenols is 1. The lowest BCUT2D eigenvalue weighted by Gasteiger charge is -2.31. The molecule has 0 radical (unpaired) electrons. The van der Waals surface area contributed by atoms with Gasteiger partial charge >= 0.3 is 0 Å². The van der Waals surface area contributed by atoms with Crippen molar-refractivity contribution in [3.05, 3.63) is 89.5 Å². The molecule has 8 nitrogen and oxygen atoms in total. The van der Waals surface area contributed by atoms with E-state index in [4.69, 9.17) is 0 Å². The standard InChI is InChI=1S/C29H25N3O5/c33-24-15-7-11-20-26(24)29(37)31(28(20)36)17-25(34)32-21-14-6-10-19(21)27(35)30(16-18-8-2-1-3-9-18)22-12-4-5-13-23(22)32/h1-5,7-9,11-13,15,19,21,33H,6,10,14,16-17H2. The molecule has 1 saturated carbocycles. The van der Waals surface area contributed by atoms with Crippen LogP contribution in [0.15, 0.2) is 72.8 Å². The van der Waals surface area contributed by atoms with E-state index < -0.39 is 24.3 Å². The minimum absolute atomic E-state index is 0.0280. The zero-order valence-corrected chi connectivity index (χ0v) is 20.0. The van der Waals surface area contributed by atoms with Crippen LogP contribution >= 0.6 is 0 Å². The summed E-state index contributed by atoms with van der Waals surface area (Å²) in [7, 11) is 0. The van der Waals surface area contributed by atoms with E-state index in [0.717, 1.165) is 16.9 Å². The monoisotopic (exact) mass is 495 g/mol. The Balaban J connectivity index is 1.37. The second kappa shape index (κ2) is 8.89. The first kappa shape index (κ1) is 23.0. The summed E-state index contributed by atoms with van der Waals surface area (Å²) in [4.78, 5) is 58.0. The van der Waals surface area contributed by atoms with Gasteiger partial charge in [0.15, 0.2) is 0 Å². The summed E-state index contributed by atoms with van der Waals surface area (Å²) in [5.74, 6) is -2.45. The summed E-state index contributed by atoms with van der Waals surface area (Å²) in [5, 5.41) is 10.2. The van der Waals surface area contributed by atoms with Crippen molar-refractivity contribution in [1.82, 2.24) is 4.90 Å². The number of phenolic OH excluding ortho intramolecular Hbond substituents is 1. The third-order valence-electron chi connectivity index (χ3n) is 7.55. The van der Waals surface area contributed by atoms with Gasteiger partial charge in [-0.1, -0.05) is 55.0 Å². The zero-order chi connectivity index (χ0) is 25.7. The summed E-state index contributed by atoms with van der Waals surface area (Å²) in [5.41, 5.74) is 2.19. The van der Waals surface area contributed by atoms with Gasteiger partial charge in [-0.2, -0.15) is 0 Å². The molecule has 2 heterocycles. The summed E-state index contributed by atoms with van der Waals surface area (Å²) in [6.45, 7) is -0.101. The van der Waals surface area contributed by atoms with Gasteiger partial charge in [0, 0.05) is 6.04 Å². The van der Waals surface area contributed by atoms with Gasteiger partial charge in [0.2, 0.25) is 11.8 Å². The van der Waals surface area contributed by atoms with Gasteiger partial charge in [-0.3, -0.25) is 24.1 Å². The van der Waals surface area contributed by atoms with Crippen LogP contribution in [0.2, 0.25) is 0 Å².